The summed E-state index contributed by atoms with van der Waals surface area (Å²) in [6.07, 6.45) is 0.499. The predicted octanol–water partition coefficient (Wildman–Crippen LogP) is -1.57. The summed E-state index contributed by atoms with van der Waals surface area (Å²) < 4.78 is 25.3. The van der Waals surface area contributed by atoms with E-state index in [9.17, 15) is 35.4 Å². The van der Waals surface area contributed by atoms with Crippen molar-refractivity contribution in [3.05, 3.63) is 40.1 Å². The van der Waals surface area contributed by atoms with Crippen molar-refractivity contribution < 1.29 is 54.1 Å². The van der Waals surface area contributed by atoms with Gasteiger partial charge in [-0.1, -0.05) is 26.0 Å². The largest absolute Gasteiger partial charge is 0.480 e. The number of aromatic nitrogens is 2. The quantitative estimate of drug-likeness (QED) is 0.129. The zero-order valence-corrected chi connectivity index (χ0v) is 27.5. The average Bonchev–Trinajstić information content (AvgIpc) is 3.65. The minimum Gasteiger partial charge on any atom is -0.480 e. The maximum atomic E-state index is 12.3. The van der Waals surface area contributed by atoms with Crippen LogP contribution in [0.4, 0.5) is 0 Å². The number of aliphatic hydroxyl groups excluding tert-OH is 5. The molecule has 5 heterocycles. The molecular weight excluding hydrogens is 642 g/mol. The summed E-state index contributed by atoms with van der Waals surface area (Å²) in [6, 6.07) is 1.66. The monoisotopic (exact) mass is 685 g/mol. The molecule has 3 aliphatic heterocycles. The number of ether oxygens (including phenoxy) is 3. The number of hydrogen-bond donors (Lipinski definition) is 7. The summed E-state index contributed by atoms with van der Waals surface area (Å²) in [5.74, 6) is -0.895. The van der Waals surface area contributed by atoms with Crippen LogP contribution in [-0.4, -0.2) is 114 Å². The third kappa shape index (κ3) is 5.45. The van der Waals surface area contributed by atoms with Crippen molar-refractivity contribution in [2.45, 2.75) is 81.9 Å². The van der Waals surface area contributed by atoms with Crippen LogP contribution in [0.15, 0.2) is 26.5 Å². The van der Waals surface area contributed by atoms with Crippen LogP contribution in [-0.2, 0) is 21.3 Å². The number of furan rings is 1. The second kappa shape index (κ2) is 12.1. The maximum absolute atomic E-state index is 12.3. The summed E-state index contributed by atoms with van der Waals surface area (Å²) in [7, 11) is 1.68. The lowest BCUT2D eigenvalue weighted by molar-refractivity contribution is -0.330. The smallest absolute Gasteiger partial charge is 0.302 e. The fraction of sp³-hybridized carbons (Fsp3) is 0.636. The van der Waals surface area contributed by atoms with Gasteiger partial charge in [0.25, 0.3) is 5.95 Å². The van der Waals surface area contributed by atoms with E-state index in [4.69, 9.17) is 24.4 Å². The Morgan fingerprint density at radius 2 is 1.88 bits per heavy atom. The lowest BCUT2D eigenvalue weighted by Crippen LogP contribution is -2.64. The Kier molecular flexibility index (Phi) is 8.39. The summed E-state index contributed by atoms with van der Waals surface area (Å²) in [5, 5.41) is 62.5. The highest BCUT2D eigenvalue weighted by atomic mass is 16.7. The van der Waals surface area contributed by atoms with Crippen LogP contribution < -0.4 is 16.7 Å². The number of guanidine groups is 1. The first kappa shape index (κ1) is 34.0. The lowest BCUT2D eigenvalue weighted by Gasteiger charge is -2.61. The van der Waals surface area contributed by atoms with Gasteiger partial charge in [0.2, 0.25) is 5.96 Å². The van der Waals surface area contributed by atoms with E-state index in [0.717, 1.165) is 12.8 Å². The summed E-state index contributed by atoms with van der Waals surface area (Å²) in [6.45, 7) is 3.95. The lowest BCUT2D eigenvalue weighted by atomic mass is 9.45. The van der Waals surface area contributed by atoms with Gasteiger partial charge in [0.1, 0.15) is 35.7 Å². The van der Waals surface area contributed by atoms with Crippen molar-refractivity contribution in [3.8, 4) is 5.95 Å². The van der Waals surface area contributed by atoms with E-state index in [-0.39, 0.29) is 52.5 Å². The Hall–Kier alpha value is -3.48. The molecule has 4 fully saturated rings. The molecule has 16 heteroatoms. The van der Waals surface area contributed by atoms with Crippen molar-refractivity contribution in [1.82, 2.24) is 9.55 Å². The van der Waals surface area contributed by atoms with Gasteiger partial charge in [-0.25, -0.2) is 4.98 Å². The maximum Gasteiger partial charge on any atom is 0.302 e. The Bertz CT molecular complexity index is 1810. The van der Waals surface area contributed by atoms with Crippen LogP contribution in [0, 0.1) is 22.7 Å². The number of aliphatic hydroxyl groups is 5. The summed E-state index contributed by atoms with van der Waals surface area (Å²) >= 11 is 0. The predicted molar refractivity (Wildman–Crippen MR) is 169 cm³/mol. The van der Waals surface area contributed by atoms with Crippen LogP contribution in [0.1, 0.15) is 61.3 Å². The molecular formula is C33H43N5O11. The SMILES string of the molecule is Cn1c(=Cc2cc(C=CC3C4(CCC5[C@]3(C)CC[C@@H](OC3OC(CO)C(O)C(O)C3O)[C@@]5(C)CO)CO4)c(O)o2)nc2c1=NC(N)=NC2=O. The molecule has 0 bridgehead atoms. The molecule has 11 atom stereocenters. The van der Waals surface area contributed by atoms with Crippen LogP contribution in [0.2, 0.25) is 0 Å². The molecule has 266 valence electrons. The van der Waals surface area contributed by atoms with E-state index in [1.54, 1.807) is 23.8 Å². The first-order valence-corrected chi connectivity index (χ1v) is 16.5. The number of carbonyl (C=O) groups excluding carboxylic acids is 1. The number of epoxide rings is 1. The van der Waals surface area contributed by atoms with E-state index >= 15 is 0 Å². The van der Waals surface area contributed by atoms with Gasteiger partial charge in [0.15, 0.2) is 17.5 Å². The highest BCUT2D eigenvalue weighted by molar-refractivity contribution is 6.03. The van der Waals surface area contributed by atoms with Crippen LogP contribution >= 0.6 is 0 Å². The van der Waals surface area contributed by atoms with E-state index < -0.39 is 54.7 Å². The number of aliphatic imine (C=N–C) groups is 1. The van der Waals surface area contributed by atoms with Gasteiger partial charge >= 0.3 is 5.91 Å². The molecule has 2 aromatic rings. The number of amides is 1. The van der Waals surface area contributed by atoms with Gasteiger partial charge in [-0.15, -0.1) is 0 Å². The zero-order valence-electron chi connectivity index (χ0n) is 27.5. The Morgan fingerprint density at radius 1 is 1.12 bits per heavy atom. The summed E-state index contributed by atoms with van der Waals surface area (Å²) in [5.41, 5.74) is 5.25. The fourth-order valence-corrected chi connectivity index (χ4v) is 8.82. The van der Waals surface area contributed by atoms with Gasteiger partial charge in [0.05, 0.1) is 37.1 Å². The molecule has 2 aromatic heterocycles. The van der Waals surface area contributed by atoms with Gasteiger partial charge < -0.3 is 59.6 Å². The molecule has 2 aliphatic carbocycles. The number of nitrogens with zero attached hydrogens (tertiary/aromatic N) is 4. The molecule has 0 aromatic carbocycles. The molecule has 2 saturated carbocycles. The van der Waals surface area contributed by atoms with E-state index in [1.165, 1.54) is 0 Å². The van der Waals surface area contributed by atoms with E-state index in [2.05, 4.69) is 21.9 Å². The first-order valence-electron chi connectivity index (χ1n) is 16.5. The highest BCUT2D eigenvalue weighted by Gasteiger charge is 2.67. The number of rotatable bonds is 7. The number of nitrogens with two attached hydrogens (primary N) is 1. The van der Waals surface area contributed by atoms with E-state index in [1.807, 2.05) is 19.1 Å². The molecule has 5 aliphatic rings. The van der Waals surface area contributed by atoms with Gasteiger partial charge in [0, 0.05) is 24.5 Å². The third-order valence-corrected chi connectivity index (χ3v) is 11.6. The molecule has 0 radical (unpaired) electrons. The second-order valence-corrected chi connectivity index (χ2v) is 14.5. The third-order valence-electron chi connectivity index (χ3n) is 11.6. The number of fused-ring (bicyclic) bond motifs is 2. The van der Waals surface area contributed by atoms with Crippen LogP contribution in [0.3, 0.4) is 0 Å². The Morgan fingerprint density at radius 3 is 2.57 bits per heavy atom. The van der Waals surface area contributed by atoms with E-state index in [0.29, 0.717) is 36.3 Å². The molecule has 1 amide bonds. The zero-order chi connectivity index (χ0) is 35.0. The number of carbonyl (C=O) groups is 1. The normalized spacial score (nSPS) is 40.7. The molecule has 7 rings (SSSR count). The number of aromatic hydroxyl groups is 1. The standard InChI is InChI=1S/C33H43N5O11/c1-31-8-7-20(49-29-25(43)24(42)23(41)17(12-39)48-29)32(2,13-40)18(31)6-9-33(14-46-33)19(31)5-4-15-10-16(47-28(15)45)11-21-35-22-26(38(21)3)36-30(34)37-27(22)44/h4-5,10-11,17-20,23-25,29,39-43,45H,6-9,12-14H2,1-3H3,(H2,34,37,44)/t17?,18?,19?,20-,23?,24?,25?,29?,31+,32+,33?/m1/s1. The highest BCUT2D eigenvalue weighted by Crippen LogP contribution is 2.66. The van der Waals surface area contributed by atoms with Crippen molar-refractivity contribution in [1.29, 1.82) is 0 Å². The molecule has 49 heavy (non-hydrogen) atoms. The average molecular weight is 686 g/mol. The Labute approximate surface area is 280 Å². The van der Waals surface area contributed by atoms with Crippen molar-refractivity contribution in [2.75, 3.05) is 19.8 Å². The molecule has 1 spiro atoms. The fourth-order valence-electron chi connectivity index (χ4n) is 8.82. The van der Waals surface area contributed by atoms with Crippen molar-refractivity contribution in [2.24, 2.45) is 45.4 Å². The van der Waals surface area contributed by atoms with Gasteiger partial charge in [-0.2, -0.15) is 9.98 Å². The summed E-state index contributed by atoms with van der Waals surface area (Å²) in [4.78, 5) is 24.3. The van der Waals surface area contributed by atoms with Crippen LogP contribution in [0.5, 0.6) is 5.95 Å². The van der Waals surface area contributed by atoms with Crippen molar-refractivity contribution >= 4 is 24.0 Å². The number of hydrogen-bond acceptors (Lipinski definition) is 14. The molecule has 16 nitrogen and oxygen atoms in total. The Balaban J connectivity index is 1.14. The molecule has 8 unspecified atom stereocenters. The minimum absolute atomic E-state index is 0.0551. The van der Waals surface area contributed by atoms with Gasteiger partial charge in [-0.05, 0) is 43.1 Å². The second-order valence-electron chi connectivity index (χ2n) is 14.5. The van der Waals surface area contributed by atoms with Gasteiger partial charge in [-0.3, -0.25) is 4.79 Å². The first-order chi connectivity index (χ1) is 23.2. The number of imidazole rings is 1. The molecule has 8 N–H and O–H groups in total. The molecule has 2 saturated heterocycles. The van der Waals surface area contributed by atoms with Crippen molar-refractivity contribution in [3.63, 3.8) is 0 Å². The topological polar surface area (TPSA) is 251 Å². The minimum atomic E-state index is -1.57. The van der Waals surface area contributed by atoms with Crippen LogP contribution in [0.25, 0.3) is 12.2 Å².